The molecule has 4 N–H and O–H groups in total. The average Bonchev–Trinajstić information content (AvgIpc) is 2.96. The molecule has 2 aromatic heterocycles. The third-order valence-corrected chi connectivity index (χ3v) is 4.89. The van der Waals surface area contributed by atoms with Gasteiger partial charge in [0.1, 0.15) is 5.65 Å². The number of H-pyrrole nitrogens is 1. The first-order valence-corrected chi connectivity index (χ1v) is 7.78. The Hall–Kier alpha value is -1.92. The molecule has 2 aromatic rings. The summed E-state index contributed by atoms with van der Waals surface area (Å²) in [5, 5.41) is 4.08. The lowest BCUT2D eigenvalue weighted by molar-refractivity contribution is -0.0389. The highest BCUT2D eigenvalue weighted by Crippen LogP contribution is 2.33. The van der Waals surface area contributed by atoms with Crippen LogP contribution in [0.2, 0.25) is 0 Å². The molecule has 2 fully saturated rings. The highest BCUT2D eigenvalue weighted by molar-refractivity contribution is 6.05. The van der Waals surface area contributed by atoms with Gasteiger partial charge in [-0.15, -0.1) is 0 Å². The van der Waals surface area contributed by atoms with E-state index in [9.17, 15) is 4.79 Å². The van der Waals surface area contributed by atoms with Crippen molar-refractivity contribution in [2.45, 2.75) is 24.9 Å². The van der Waals surface area contributed by atoms with Crippen LogP contribution in [0.15, 0.2) is 24.5 Å². The van der Waals surface area contributed by atoms with Crippen LogP contribution in [0.4, 0.5) is 0 Å². The smallest absolute Gasteiger partial charge is 0.252 e. The van der Waals surface area contributed by atoms with Gasteiger partial charge in [0, 0.05) is 41.7 Å². The standard InChI is InChI=1S/C16H20N4O2/c17-11-5-9-7-22-8-10(6-11)14(9)20-16(21)13-2-4-19-15-12(13)1-3-18-15/h1-4,9-11,14H,5-8,17H2,(H,18,19)(H,20,21). The summed E-state index contributed by atoms with van der Waals surface area (Å²) in [6, 6.07) is 4.04. The largest absolute Gasteiger partial charge is 0.381 e. The van der Waals surface area contributed by atoms with Crippen LogP contribution in [0.1, 0.15) is 23.2 Å². The summed E-state index contributed by atoms with van der Waals surface area (Å²) in [5.41, 5.74) is 7.51. The van der Waals surface area contributed by atoms with E-state index in [1.165, 1.54) is 0 Å². The SMILES string of the molecule is NC1CC2COCC(C1)C2NC(=O)c1ccnc2[nH]ccc12. The molecular formula is C16H20N4O2. The maximum absolute atomic E-state index is 12.7. The van der Waals surface area contributed by atoms with Crippen molar-refractivity contribution in [1.29, 1.82) is 0 Å². The zero-order valence-electron chi connectivity index (χ0n) is 12.3. The lowest BCUT2D eigenvalue weighted by Gasteiger charge is -2.44. The maximum atomic E-state index is 12.7. The summed E-state index contributed by atoms with van der Waals surface area (Å²) in [6.45, 7) is 1.37. The van der Waals surface area contributed by atoms with Crippen molar-refractivity contribution in [3.8, 4) is 0 Å². The molecule has 6 heteroatoms. The number of nitrogens with two attached hydrogens (primary N) is 1. The van der Waals surface area contributed by atoms with Crippen molar-refractivity contribution < 1.29 is 9.53 Å². The van der Waals surface area contributed by atoms with Crippen LogP contribution in [0, 0.1) is 11.8 Å². The van der Waals surface area contributed by atoms with Gasteiger partial charge >= 0.3 is 0 Å². The molecule has 2 bridgehead atoms. The lowest BCUT2D eigenvalue weighted by atomic mass is 9.73. The summed E-state index contributed by atoms with van der Waals surface area (Å²) in [7, 11) is 0. The molecule has 1 saturated carbocycles. The molecule has 0 spiro atoms. The summed E-state index contributed by atoms with van der Waals surface area (Å²) >= 11 is 0. The molecule has 116 valence electrons. The first kappa shape index (κ1) is 13.7. The van der Waals surface area contributed by atoms with Gasteiger partial charge in [-0.05, 0) is 25.0 Å². The highest BCUT2D eigenvalue weighted by Gasteiger charge is 2.40. The van der Waals surface area contributed by atoms with Crippen molar-refractivity contribution in [2.24, 2.45) is 17.6 Å². The molecule has 1 amide bonds. The molecule has 2 unspecified atom stereocenters. The fraction of sp³-hybridized carbons (Fsp3) is 0.500. The Kier molecular flexibility index (Phi) is 3.35. The molecule has 22 heavy (non-hydrogen) atoms. The number of nitrogens with one attached hydrogen (secondary N) is 2. The van der Waals surface area contributed by atoms with Crippen LogP contribution in [0.5, 0.6) is 0 Å². The van der Waals surface area contributed by atoms with Gasteiger partial charge in [0.2, 0.25) is 0 Å². The third kappa shape index (κ3) is 2.28. The van der Waals surface area contributed by atoms with Crippen molar-refractivity contribution in [3.05, 3.63) is 30.1 Å². The van der Waals surface area contributed by atoms with Gasteiger partial charge in [0.05, 0.1) is 18.8 Å². The van der Waals surface area contributed by atoms with Gasteiger partial charge in [0.25, 0.3) is 5.91 Å². The number of carbonyl (C=O) groups is 1. The second-order valence-corrected chi connectivity index (χ2v) is 6.39. The molecule has 1 saturated heterocycles. The van der Waals surface area contributed by atoms with E-state index in [1.54, 1.807) is 18.5 Å². The van der Waals surface area contributed by atoms with Crippen LogP contribution in [0.25, 0.3) is 11.0 Å². The number of aromatic amines is 1. The van der Waals surface area contributed by atoms with E-state index in [0.29, 0.717) is 30.6 Å². The topological polar surface area (TPSA) is 93.0 Å². The molecule has 4 rings (SSSR count). The Labute approximate surface area is 128 Å². The number of ether oxygens (including phenoxy) is 1. The second-order valence-electron chi connectivity index (χ2n) is 6.39. The molecule has 1 aliphatic carbocycles. The van der Waals surface area contributed by atoms with E-state index in [4.69, 9.17) is 10.5 Å². The molecule has 1 aliphatic heterocycles. The summed E-state index contributed by atoms with van der Waals surface area (Å²) < 4.78 is 5.64. The Morgan fingerprint density at radius 1 is 1.32 bits per heavy atom. The molecule has 0 radical (unpaired) electrons. The zero-order chi connectivity index (χ0) is 15.1. The van der Waals surface area contributed by atoms with E-state index in [2.05, 4.69) is 15.3 Å². The molecule has 6 nitrogen and oxygen atoms in total. The monoisotopic (exact) mass is 300 g/mol. The van der Waals surface area contributed by atoms with Gasteiger partial charge in [0.15, 0.2) is 0 Å². The van der Waals surface area contributed by atoms with Crippen molar-refractivity contribution in [2.75, 3.05) is 13.2 Å². The maximum Gasteiger partial charge on any atom is 0.252 e. The number of hydrogen-bond acceptors (Lipinski definition) is 4. The van der Waals surface area contributed by atoms with E-state index >= 15 is 0 Å². The normalized spacial score (nSPS) is 31.1. The summed E-state index contributed by atoms with van der Waals surface area (Å²) in [5.74, 6) is 0.592. The van der Waals surface area contributed by atoms with E-state index in [0.717, 1.165) is 23.9 Å². The number of aromatic nitrogens is 2. The zero-order valence-corrected chi connectivity index (χ0v) is 12.3. The molecular weight excluding hydrogens is 280 g/mol. The van der Waals surface area contributed by atoms with E-state index < -0.39 is 0 Å². The quantitative estimate of drug-likeness (QED) is 0.772. The molecule has 0 aromatic carbocycles. The van der Waals surface area contributed by atoms with Crippen molar-refractivity contribution >= 4 is 16.9 Å². The van der Waals surface area contributed by atoms with Gasteiger partial charge in [-0.1, -0.05) is 0 Å². The summed E-state index contributed by atoms with van der Waals surface area (Å²) in [4.78, 5) is 20.0. The minimum absolute atomic E-state index is 0.0376. The number of carbonyl (C=O) groups excluding carboxylic acids is 1. The van der Waals surface area contributed by atoms with Crippen LogP contribution in [-0.2, 0) is 4.74 Å². The fourth-order valence-electron chi connectivity index (χ4n) is 3.89. The number of rotatable bonds is 2. The van der Waals surface area contributed by atoms with Crippen molar-refractivity contribution in [3.63, 3.8) is 0 Å². The minimum atomic E-state index is -0.0376. The molecule has 3 heterocycles. The van der Waals surface area contributed by atoms with Gasteiger partial charge in [-0.3, -0.25) is 4.79 Å². The fourth-order valence-corrected chi connectivity index (χ4v) is 3.89. The van der Waals surface area contributed by atoms with Crippen LogP contribution < -0.4 is 11.1 Å². The number of nitrogens with zero attached hydrogens (tertiary/aromatic N) is 1. The lowest BCUT2D eigenvalue weighted by Crippen LogP contribution is -2.57. The molecule has 2 atom stereocenters. The first-order valence-electron chi connectivity index (χ1n) is 7.78. The Morgan fingerprint density at radius 3 is 2.86 bits per heavy atom. The summed E-state index contributed by atoms with van der Waals surface area (Å²) in [6.07, 6.45) is 5.29. The minimum Gasteiger partial charge on any atom is -0.381 e. The number of amides is 1. The average molecular weight is 300 g/mol. The van der Waals surface area contributed by atoms with E-state index in [-0.39, 0.29) is 18.0 Å². The van der Waals surface area contributed by atoms with Crippen LogP contribution in [0.3, 0.4) is 0 Å². The van der Waals surface area contributed by atoms with Crippen LogP contribution in [-0.4, -0.2) is 41.2 Å². The highest BCUT2D eigenvalue weighted by atomic mass is 16.5. The number of hydrogen-bond donors (Lipinski definition) is 3. The Balaban J connectivity index is 1.58. The second kappa shape index (κ2) is 5.37. The molecule has 2 aliphatic rings. The predicted octanol–water partition coefficient (Wildman–Crippen LogP) is 1.04. The van der Waals surface area contributed by atoms with Gasteiger partial charge in [-0.2, -0.15) is 0 Å². The van der Waals surface area contributed by atoms with Crippen LogP contribution >= 0.6 is 0 Å². The first-order chi connectivity index (χ1) is 10.7. The predicted molar refractivity (Wildman–Crippen MR) is 82.4 cm³/mol. The Bertz CT molecular complexity index is 684. The number of fused-ring (bicyclic) bond motifs is 3. The Morgan fingerprint density at radius 2 is 2.09 bits per heavy atom. The van der Waals surface area contributed by atoms with Gasteiger partial charge in [-0.25, -0.2) is 4.98 Å². The number of pyridine rings is 1. The van der Waals surface area contributed by atoms with E-state index in [1.807, 2.05) is 6.07 Å². The third-order valence-electron chi connectivity index (χ3n) is 4.89. The van der Waals surface area contributed by atoms with Crippen molar-refractivity contribution in [1.82, 2.24) is 15.3 Å². The van der Waals surface area contributed by atoms with Gasteiger partial charge < -0.3 is 20.8 Å².